The summed E-state index contributed by atoms with van der Waals surface area (Å²) in [6.07, 6.45) is 1.35. The molecule has 0 bridgehead atoms. The van der Waals surface area contributed by atoms with Crippen molar-refractivity contribution in [2.45, 2.75) is 34.1 Å². The molecule has 1 nitrogen and oxygen atoms in total. The first-order valence-electron chi connectivity index (χ1n) is 5.78. The van der Waals surface area contributed by atoms with Gasteiger partial charge in [0.1, 0.15) is 0 Å². The fraction of sp³-hybridized carbons (Fsp3) is 1.00. The molecule has 0 aromatic carbocycles. The van der Waals surface area contributed by atoms with Gasteiger partial charge in [-0.3, -0.25) is 0 Å². The lowest BCUT2D eigenvalue weighted by atomic mass is 9.93. The van der Waals surface area contributed by atoms with Crippen molar-refractivity contribution in [3.63, 3.8) is 0 Å². The molecule has 1 aliphatic rings. The summed E-state index contributed by atoms with van der Waals surface area (Å²) >= 11 is 4.44. The minimum absolute atomic E-state index is 0.540. The lowest BCUT2D eigenvalue weighted by Crippen LogP contribution is -2.32. The zero-order valence-corrected chi connectivity index (χ0v) is 11.0. The molecule has 1 saturated heterocycles. The van der Waals surface area contributed by atoms with Crippen molar-refractivity contribution in [1.82, 2.24) is 4.90 Å². The van der Waals surface area contributed by atoms with Crippen LogP contribution in [0.2, 0.25) is 0 Å². The fourth-order valence-electron chi connectivity index (χ4n) is 2.19. The standard InChI is InChI=1S/C12H25NS/c1-10(2)11(8-14)7-13-6-5-12(3,4)9-13/h10-11,14H,5-9H2,1-4H3. The van der Waals surface area contributed by atoms with Crippen LogP contribution in [0.1, 0.15) is 34.1 Å². The van der Waals surface area contributed by atoms with Crippen molar-refractivity contribution >= 4 is 12.6 Å². The molecule has 0 aromatic heterocycles. The largest absolute Gasteiger partial charge is 0.302 e. The maximum atomic E-state index is 4.44. The van der Waals surface area contributed by atoms with Crippen LogP contribution in [0.25, 0.3) is 0 Å². The summed E-state index contributed by atoms with van der Waals surface area (Å²) in [5.41, 5.74) is 0.540. The number of hydrogen-bond donors (Lipinski definition) is 1. The van der Waals surface area contributed by atoms with Crippen molar-refractivity contribution in [2.75, 3.05) is 25.4 Å². The Bertz CT molecular complexity index is 177. The van der Waals surface area contributed by atoms with Gasteiger partial charge in [0.25, 0.3) is 0 Å². The van der Waals surface area contributed by atoms with Gasteiger partial charge in [-0.05, 0) is 36.0 Å². The lowest BCUT2D eigenvalue weighted by Gasteiger charge is -2.26. The summed E-state index contributed by atoms with van der Waals surface area (Å²) in [5, 5.41) is 0. The van der Waals surface area contributed by atoms with E-state index in [1.807, 2.05) is 0 Å². The van der Waals surface area contributed by atoms with Crippen LogP contribution in [0.15, 0.2) is 0 Å². The summed E-state index contributed by atoms with van der Waals surface area (Å²) in [4.78, 5) is 2.61. The Hall–Kier alpha value is 0.310. The van der Waals surface area contributed by atoms with Crippen LogP contribution >= 0.6 is 12.6 Å². The summed E-state index contributed by atoms with van der Waals surface area (Å²) < 4.78 is 0. The number of hydrogen-bond acceptors (Lipinski definition) is 2. The summed E-state index contributed by atoms with van der Waals surface area (Å²) in [7, 11) is 0. The first kappa shape index (κ1) is 12.4. The molecule has 1 unspecified atom stereocenters. The second kappa shape index (κ2) is 4.89. The van der Waals surface area contributed by atoms with Crippen molar-refractivity contribution in [2.24, 2.45) is 17.3 Å². The average Bonchev–Trinajstić information content (AvgIpc) is 2.41. The number of rotatable bonds is 4. The summed E-state index contributed by atoms with van der Waals surface area (Å²) in [6.45, 7) is 13.2. The highest BCUT2D eigenvalue weighted by atomic mass is 32.1. The smallest absolute Gasteiger partial charge is 0.00333 e. The Morgan fingerprint density at radius 3 is 2.36 bits per heavy atom. The van der Waals surface area contributed by atoms with E-state index in [1.165, 1.54) is 26.1 Å². The molecule has 0 amide bonds. The third-order valence-electron chi connectivity index (χ3n) is 3.43. The van der Waals surface area contributed by atoms with Gasteiger partial charge in [0.15, 0.2) is 0 Å². The third kappa shape index (κ3) is 3.47. The van der Waals surface area contributed by atoms with Gasteiger partial charge < -0.3 is 4.90 Å². The highest BCUT2D eigenvalue weighted by molar-refractivity contribution is 7.80. The Balaban J connectivity index is 2.38. The Kier molecular flexibility index (Phi) is 4.32. The van der Waals surface area contributed by atoms with Crippen LogP contribution in [0.3, 0.4) is 0 Å². The van der Waals surface area contributed by atoms with E-state index in [0.29, 0.717) is 5.41 Å². The molecule has 0 aliphatic carbocycles. The van der Waals surface area contributed by atoms with Gasteiger partial charge in [-0.1, -0.05) is 27.7 Å². The van der Waals surface area contributed by atoms with E-state index in [1.54, 1.807) is 0 Å². The van der Waals surface area contributed by atoms with Gasteiger partial charge in [0.2, 0.25) is 0 Å². The van der Waals surface area contributed by atoms with Gasteiger partial charge in [-0.15, -0.1) is 0 Å². The van der Waals surface area contributed by atoms with Gasteiger partial charge in [0, 0.05) is 13.1 Å². The van der Waals surface area contributed by atoms with Gasteiger partial charge >= 0.3 is 0 Å². The first-order chi connectivity index (χ1) is 6.44. The zero-order chi connectivity index (χ0) is 10.8. The Labute approximate surface area is 94.7 Å². The molecule has 0 saturated carbocycles. The molecule has 1 heterocycles. The van der Waals surface area contributed by atoms with E-state index in [-0.39, 0.29) is 0 Å². The van der Waals surface area contributed by atoms with E-state index >= 15 is 0 Å². The monoisotopic (exact) mass is 215 g/mol. The molecule has 0 radical (unpaired) electrons. The van der Waals surface area contributed by atoms with Crippen molar-refractivity contribution in [3.05, 3.63) is 0 Å². The normalized spacial score (nSPS) is 24.4. The quantitative estimate of drug-likeness (QED) is 0.706. The molecule has 0 aromatic rings. The summed E-state index contributed by atoms with van der Waals surface area (Å²) in [5.74, 6) is 2.54. The van der Waals surface area contributed by atoms with Gasteiger partial charge in [-0.2, -0.15) is 12.6 Å². The van der Waals surface area contributed by atoms with E-state index in [0.717, 1.165) is 17.6 Å². The van der Waals surface area contributed by atoms with Crippen LogP contribution in [0.4, 0.5) is 0 Å². The first-order valence-corrected chi connectivity index (χ1v) is 6.41. The van der Waals surface area contributed by atoms with Gasteiger partial charge in [-0.25, -0.2) is 0 Å². The van der Waals surface area contributed by atoms with E-state index in [4.69, 9.17) is 0 Å². The molecular weight excluding hydrogens is 190 g/mol. The van der Waals surface area contributed by atoms with E-state index in [9.17, 15) is 0 Å². The van der Waals surface area contributed by atoms with Crippen LogP contribution < -0.4 is 0 Å². The highest BCUT2D eigenvalue weighted by Crippen LogP contribution is 2.30. The van der Waals surface area contributed by atoms with Crippen LogP contribution in [-0.2, 0) is 0 Å². The van der Waals surface area contributed by atoms with E-state index in [2.05, 4.69) is 45.2 Å². The molecule has 2 heteroatoms. The predicted octanol–water partition coefficient (Wildman–Crippen LogP) is 2.92. The van der Waals surface area contributed by atoms with E-state index < -0.39 is 0 Å². The topological polar surface area (TPSA) is 3.24 Å². The second-order valence-corrected chi connectivity index (χ2v) is 6.20. The van der Waals surface area contributed by atoms with Crippen LogP contribution in [0, 0.1) is 17.3 Å². The lowest BCUT2D eigenvalue weighted by molar-refractivity contribution is 0.231. The molecule has 1 aliphatic heterocycles. The molecular formula is C12H25NS. The number of thiol groups is 1. The van der Waals surface area contributed by atoms with Crippen LogP contribution in [0.5, 0.6) is 0 Å². The average molecular weight is 215 g/mol. The minimum Gasteiger partial charge on any atom is -0.302 e. The molecule has 84 valence electrons. The predicted molar refractivity (Wildman–Crippen MR) is 67.0 cm³/mol. The third-order valence-corrected chi connectivity index (χ3v) is 3.90. The minimum atomic E-state index is 0.540. The maximum absolute atomic E-state index is 4.44. The molecule has 1 atom stereocenters. The molecule has 1 fully saturated rings. The fourth-order valence-corrected chi connectivity index (χ4v) is 2.73. The van der Waals surface area contributed by atoms with Crippen molar-refractivity contribution < 1.29 is 0 Å². The zero-order valence-electron chi connectivity index (χ0n) is 10.1. The van der Waals surface area contributed by atoms with Crippen LogP contribution in [-0.4, -0.2) is 30.3 Å². The van der Waals surface area contributed by atoms with Crippen molar-refractivity contribution in [1.29, 1.82) is 0 Å². The Morgan fingerprint density at radius 2 is 2.00 bits per heavy atom. The highest BCUT2D eigenvalue weighted by Gasteiger charge is 2.30. The number of nitrogens with zero attached hydrogens (tertiary/aromatic N) is 1. The second-order valence-electron chi connectivity index (χ2n) is 5.84. The van der Waals surface area contributed by atoms with Crippen molar-refractivity contribution in [3.8, 4) is 0 Å². The Morgan fingerprint density at radius 1 is 1.36 bits per heavy atom. The maximum Gasteiger partial charge on any atom is 0.00333 e. The molecule has 0 N–H and O–H groups in total. The molecule has 1 rings (SSSR count). The molecule has 0 spiro atoms. The SMILES string of the molecule is CC(C)C(CS)CN1CCC(C)(C)C1. The van der Waals surface area contributed by atoms with Gasteiger partial charge in [0.05, 0.1) is 0 Å². The molecule has 14 heavy (non-hydrogen) atoms. The number of likely N-dealkylation sites (tertiary alicyclic amines) is 1. The summed E-state index contributed by atoms with van der Waals surface area (Å²) in [6, 6.07) is 0.